The van der Waals surface area contributed by atoms with Crippen LogP contribution in [-0.4, -0.2) is 27.6 Å². The molecule has 0 amide bonds. The lowest BCUT2D eigenvalue weighted by atomic mass is 10.0. The zero-order valence-corrected chi connectivity index (χ0v) is 10.2. The first kappa shape index (κ1) is 10.7. The Morgan fingerprint density at radius 2 is 2.47 bits per heavy atom. The molecule has 0 spiro atoms. The second kappa shape index (κ2) is 4.45. The van der Waals surface area contributed by atoms with Crippen LogP contribution in [0.3, 0.4) is 0 Å². The van der Waals surface area contributed by atoms with E-state index in [2.05, 4.69) is 26.9 Å². The van der Waals surface area contributed by atoms with Crippen molar-refractivity contribution >= 4 is 11.0 Å². The van der Waals surface area contributed by atoms with Crippen molar-refractivity contribution in [3.05, 3.63) is 24.3 Å². The van der Waals surface area contributed by atoms with E-state index < -0.39 is 0 Å². The average molecular weight is 230 g/mol. The molecule has 90 valence electrons. The zero-order valence-electron chi connectivity index (χ0n) is 10.2. The van der Waals surface area contributed by atoms with E-state index in [0.29, 0.717) is 0 Å². The standard InChI is InChI=1S/C13H18N4/c1-17-12-5-7-15-9-11(12)16-13(17)3-2-10-4-6-14-8-10/h5,7,9-10,14H,2-4,6,8H2,1H3. The lowest BCUT2D eigenvalue weighted by molar-refractivity contribution is 0.520. The van der Waals surface area contributed by atoms with Crippen LogP contribution in [-0.2, 0) is 13.5 Å². The molecule has 0 aliphatic carbocycles. The third kappa shape index (κ3) is 2.05. The SMILES string of the molecule is Cn1c(CCC2CCNC2)nc2cnccc21. The molecule has 1 fully saturated rings. The Morgan fingerprint density at radius 3 is 3.24 bits per heavy atom. The molecule has 1 N–H and O–H groups in total. The molecule has 1 atom stereocenters. The first-order valence-corrected chi connectivity index (χ1v) is 6.30. The Balaban J connectivity index is 1.78. The smallest absolute Gasteiger partial charge is 0.109 e. The molecular weight excluding hydrogens is 212 g/mol. The fourth-order valence-electron chi connectivity index (χ4n) is 2.62. The zero-order chi connectivity index (χ0) is 11.7. The fraction of sp³-hybridized carbons (Fsp3) is 0.538. The number of fused-ring (bicyclic) bond motifs is 1. The Bertz CT molecular complexity index is 511. The van der Waals surface area contributed by atoms with Gasteiger partial charge in [-0.1, -0.05) is 0 Å². The summed E-state index contributed by atoms with van der Waals surface area (Å²) >= 11 is 0. The molecule has 1 aliphatic rings. The van der Waals surface area contributed by atoms with Crippen molar-refractivity contribution in [3.8, 4) is 0 Å². The van der Waals surface area contributed by atoms with Gasteiger partial charge in [-0.15, -0.1) is 0 Å². The Hall–Kier alpha value is -1.42. The third-order valence-electron chi connectivity index (χ3n) is 3.71. The Kier molecular flexibility index (Phi) is 2.81. The summed E-state index contributed by atoms with van der Waals surface area (Å²) in [5, 5.41) is 3.41. The van der Waals surface area contributed by atoms with E-state index in [9.17, 15) is 0 Å². The molecule has 0 saturated carbocycles. The van der Waals surface area contributed by atoms with E-state index in [-0.39, 0.29) is 0 Å². The van der Waals surface area contributed by atoms with Crippen LogP contribution in [0.1, 0.15) is 18.7 Å². The predicted octanol–water partition coefficient (Wildman–Crippen LogP) is 1.51. The third-order valence-corrected chi connectivity index (χ3v) is 3.71. The molecule has 1 unspecified atom stereocenters. The highest BCUT2D eigenvalue weighted by molar-refractivity contribution is 5.74. The highest BCUT2D eigenvalue weighted by Crippen LogP contribution is 2.18. The monoisotopic (exact) mass is 230 g/mol. The van der Waals surface area contributed by atoms with Crippen LogP contribution in [0.2, 0.25) is 0 Å². The molecule has 4 heteroatoms. The van der Waals surface area contributed by atoms with Crippen LogP contribution in [0.25, 0.3) is 11.0 Å². The van der Waals surface area contributed by atoms with Gasteiger partial charge in [-0.3, -0.25) is 4.98 Å². The number of rotatable bonds is 3. The molecule has 0 radical (unpaired) electrons. The maximum absolute atomic E-state index is 4.65. The fourth-order valence-corrected chi connectivity index (χ4v) is 2.62. The van der Waals surface area contributed by atoms with Crippen molar-refractivity contribution in [2.45, 2.75) is 19.3 Å². The minimum absolute atomic E-state index is 0.827. The van der Waals surface area contributed by atoms with Gasteiger partial charge in [-0.2, -0.15) is 0 Å². The largest absolute Gasteiger partial charge is 0.331 e. The van der Waals surface area contributed by atoms with Crippen LogP contribution in [0.5, 0.6) is 0 Å². The maximum atomic E-state index is 4.65. The first-order valence-electron chi connectivity index (χ1n) is 6.30. The molecular formula is C13H18N4. The highest BCUT2D eigenvalue weighted by Gasteiger charge is 2.15. The quantitative estimate of drug-likeness (QED) is 0.869. The van der Waals surface area contributed by atoms with Crippen LogP contribution in [0.15, 0.2) is 18.5 Å². The van der Waals surface area contributed by atoms with Crippen molar-refractivity contribution in [3.63, 3.8) is 0 Å². The van der Waals surface area contributed by atoms with Crippen LogP contribution < -0.4 is 5.32 Å². The highest BCUT2D eigenvalue weighted by atomic mass is 15.1. The molecule has 17 heavy (non-hydrogen) atoms. The van der Waals surface area contributed by atoms with E-state index in [1.54, 1.807) is 0 Å². The second-order valence-electron chi connectivity index (χ2n) is 4.85. The summed E-state index contributed by atoms with van der Waals surface area (Å²) in [6.07, 6.45) is 7.28. The van der Waals surface area contributed by atoms with Gasteiger partial charge in [0.25, 0.3) is 0 Å². The number of imidazole rings is 1. The maximum Gasteiger partial charge on any atom is 0.109 e. The van der Waals surface area contributed by atoms with Crippen LogP contribution in [0.4, 0.5) is 0 Å². The van der Waals surface area contributed by atoms with Gasteiger partial charge in [-0.25, -0.2) is 4.98 Å². The van der Waals surface area contributed by atoms with Crippen LogP contribution in [0, 0.1) is 5.92 Å². The number of pyridine rings is 1. The number of aromatic nitrogens is 3. The summed E-state index contributed by atoms with van der Waals surface area (Å²) < 4.78 is 2.19. The number of hydrogen-bond acceptors (Lipinski definition) is 3. The molecule has 0 bridgehead atoms. The lowest BCUT2D eigenvalue weighted by Crippen LogP contribution is -2.10. The van der Waals surface area contributed by atoms with Crippen molar-refractivity contribution in [1.82, 2.24) is 19.9 Å². The average Bonchev–Trinajstić information content (AvgIpc) is 2.96. The summed E-state index contributed by atoms with van der Waals surface area (Å²) in [7, 11) is 2.09. The summed E-state index contributed by atoms with van der Waals surface area (Å²) in [6.45, 7) is 2.35. The summed E-state index contributed by atoms with van der Waals surface area (Å²) in [6, 6.07) is 2.03. The molecule has 3 heterocycles. The van der Waals surface area contributed by atoms with Gasteiger partial charge in [0.05, 0.1) is 11.7 Å². The lowest BCUT2D eigenvalue weighted by Gasteiger charge is -2.07. The van der Waals surface area contributed by atoms with Gasteiger partial charge in [0, 0.05) is 19.7 Å². The van der Waals surface area contributed by atoms with E-state index in [1.807, 2.05) is 18.5 Å². The van der Waals surface area contributed by atoms with Gasteiger partial charge >= 0.3 is 0 Å². The number of aryl methyl sites for hydroxylation is 2. The Morgan fingerprint density at radius 1 is 1.53 bits per heavy atom. The summed E-state index contributed by atoms with van der Waals surface area (Å²) in [5.74, 6) is 2.01. The van der Waals surface area contributed by atoms with E-state index in [1.165, 1.54) is 37.3 Å². The topological polar surface area (TPSA) is 42.7 Å². The molecule has 1 aliphatic heterocycles. The van der Waals surface area contributed by atoms with Crippen molar-refractivity contribution in [2.75, 3.05) is 13.1 Å². The predicted molar refractivity (Wildman–Crippen MR) is 67.8 cm³/mol. The molecule has 1 saturated heterocycles. The van der Waals surface area contributed by atoms with Gasteiger partial charge in [-0.05, 0) is 37.9 Å². The molecule has 2 aromatic rings. The molecule has 3 rings (SSSR count). The van der Waals surface area contributed by atoms with Crippen molar-refractivity contribution < 1.29 is 0 Å². The first-order chi connectivity index (χ1) is 8.34. The number of nitrogens with one attached hydrogen (secondary N) is 1. The molecule has 0 aromatic carbocycles. The van der Waals surface area contributed by atoms with Gasteiger partial charge < -0.3 is 9.88 Å². The van der Waals surface area contributed by atoms with Crippen LogP contribution >= 0.6 is 0 Å². The summed E-state index contributed by atoms with van der Waals surface area (Å²) in [5.41, 5.74) is 2.19. The molecule has 2 aromatic heterocycles. The van der Waals surface area contributed by atoms with Crippen molar-refractivity contribution in [2.24, 2.45) is 13.0 Å². The van der Waals surface area contributed by atoms with E-state index in [4.69, 9.17) is 0 Å². The number of nitrogens with zero attached hydrogens (tertiary/aromatic N) is 3. The second-order valence-corrected chi connectivity index (χ2v) is 4.85. The van der Waals surface area contributed by atoms with Crippen molar-refractivity contribution in [1.29, 1.82) is 0 Å². The van der Waals surface area contributed by atoms with Gasteiger partial charge in [0.2, 0.25) is 0 Å². The van der Waals surface area contributed by atoms with E-state index in [0.717, 1.165) is 17.9 Å². The number of hydrogen-bond donors (Lipinski definition) is 1. The molecule has 4 nitrogen and oxygen atoms in total. The van der Waals surface area contributed by atoms with E-state index >= 15 is 0 Å². The Labute approximate surface area is 101 Å². The van der Waals surface area contributed by atoms with Gasteiger partial charge in [0.15, 0.2) is 0 Å². The minimum Gasteiger partial charge on any atom is -0.331 e. The van der Waals surface area contributed by atoms with Gasteiger partial charge in [0.1, 0.15) is 11.3 Å². The normalized spacial score (nSPS) is 20.2. The summed E-state index contributed by atoms with van der Waals surface area (Å²) in [4.78, 5) is 8.77. The minimum atomic E-state index is 0.827.